The van der Waals surface area contributed by atoms with Crippen LogP contribution in [0.4, 0.5) is 16.3 Å². The van der Waals surface area contributed by atoms with Gasteiger partial charge in [-0.25, -0.2) is 9.78 Å². The molecule has 0 bridgehead atoms. The minimum atomic E-state index is -0.0734. The number of nitrogens with zero attached hydrogens (tertiary/aromatic N) is 3. The van der Waals surface area contributed by atoms with Gasteiger partial charge in [0.1, 0.15) is 0 Å². The van der Waals surface area contributed by atoms with E-state index in [0.29, 0.717) is 26.3 Å². The highest BCUT2D eigenvalue weighted by molar-refractivity contribution is 5.96. The van der Waals surface area contributed by atoms with Gasteiger partial charge in [-0.2, -0.15) is 0 Å². The van der Waals surface area contributed by atoms with Crippen LogP contribution >= 0.6 is 0 Å². The van der Waals surface area contributed by atoms with Crippen molar-refractivity contribution in [1.82, 2.24) is 10.3 Å². The Morgan fingerprint density at radius 1 is 1.22 bits per heavy atom. The number of hydrogen-bond acceptors (Lipinski definition) is 4. The van der Waals surface area contributed by atoms with Crippen molar-refractivity contribution in [3.05, 3.63) is 53.7 Å². The zero-order chi connectivity index (χ0) is 19.1. The number of anilines is 2. The summed E-state index contributed by atoms with van der Waals surface area (Å²) in [5.74, 6) is 0.855. The van der Waals surface area contributed by atoms with Crippen molar-refractivity contribution in [1.29, 1.82) is 0 Å². The van der Waals surface area contributed by atoms with Crippen LogP contribution in [0.1, 0.15) is 24.5 Å². The smallest absolute Gasteiger partial charge is 0.322 e. The molecule has 27 heavy (non-hydrogen) atoms. The summed E-state index contributed by atoms with van der Waals surface area (Å²) < 4.78 is 5.31. The van der Waals surface area contributed by atoms with E-state index in [9.17, 15) is 4.79 Å². The maximum Gasteiger partial charge on any atom is 0.322 e. The molecule has 0 saturated carbocycles. The third-order valence-corrected chi connectivity index (χ3v) is 4.63. The molecule has 1 aliphatic heterocycles. The van der Waals surface area contributed by atoms with Crippen molar-refractivity contribution in [2.75, 3.05) is 42.6 Å². The fourth-order valence-corrected chi connectivity index (χ4v) is 3.18. The first kappa shape index (κ1) is 19.2. The topological polar surface area (TPSA) is 57.7 Å². The van der Waals surface area contributed by atoms with Crippen LogP contribution < -0.4 is 15.1 Å². The lowest BCUT2D eigenvalue weighted by molar-refractivity contribution is 0.145. The molecular weight excluding hydrogens is 340 g/mol. The Balaban J connectivity index is 1.66. The Morgan fingerprint density at radius 2 is 2.04 bits per heavy atom. The van der Waals surface area contributed by atoms with Crippen molar-refractivity contribution >= 4 is 17.5 Å². The molecule has 0 atom stereocenters. The molecule has 6 heteroatoms. The molecule has 0 unspecified atom stereocenters. The molecule has 0 radical (unpaired) electrons. The highest BCUT2D eigenvalue weighted by atomic mass is 16.5. The van der Waals surface area contributed by atoms with Crippen molar-refractivity contribution in [2.24, 2.45) is 0 Å². The highest BCUT2D eigenvalue weighted by Crippen LogP contribution is 2.31. The molecule has 0 saturated heterocycles. The van der Waals surface area contributed by atoms with E-state index in [4.69, 9.17) is 4.74 Å². The molecule has 1 aromatic carbocycles. The number of aromatic nitrogens is 1. The number of pyridine rings is 1. The Bertz CT molecular complexity index is 748. The van der Waals surface area contributed by atoms with Gasteiger partial charge in [0, 0.05) is 45.6 Å². The molecule has 2 aromatic rings. The number of ether oxygens (including phenoxy) is 1. The highest BCUT2D eigenvalue weighted by Gasteiger charge is 2.27. The third kappa shape index (κ3) is 4.98. The van der Waals surface area contributed by atoms with E-state index in [-0.39, 0.29) is 6.03 Å². The van der Waals surface area contributed by atoms with E-state index < -0.39 is 0 Å². The standard InChI is InChI=1S/C21H28N4O2/c1-3-27-15-5-12-23-21(26)25-14-13-24(20-19(25)6-4-11-22-20)16-18-9-7-17(2)8-10-18/h4,6-11H,3,5,12-16H2,1-2H3,(H,23,26). The second-order valence-corrected chi connectivity index (χ2v) is 6.69. The first-order chi connectivity index (χ1) is 13.2. The zero-order valence-electron chi connectivity index (χ0n) is 16.1. The van der Waals surface area contributed by atoms with Gasteiger partial charge < -0.3 is 15.0 Å². The SMILES string of the molecule is CCOCCCNC(=O)N1CCN(Cc2ccc(C)cc2)c2ncccc21. The van der Waals surface area contributed by atoms with E-state index in [2.05, 4.69) is 46.4 Å². The number of fused-ring (bicyclic) bond motifs is 1. The number of urea groups is 1. The summed E-state index contributed by atoms with van der Waals surface area (Å²) in [6, 6.07) is 12.3. The van der Waals surface area contributed by atoms with Crippen molar-refractivity contribution < 1.29 is 9.53 Å². The summed E-state index contributed by atoms with van der Waals surface area (Å²) in [7, 11) is 0. The fourth-order valence-electron chi connectivity index (χ4n) is 3.18. The number of rotatable bonds is 7. The first-order valence-corrected chi connectivity index (χ1v) is 9.57. The Hall–Kier alpha value is -2.60. The van der Waals surface area contributed by atoms with Crippen LogP contribution in [0.2, 0.25) is 0 Å². The molecule has 2 amide bonds. The van der Waals surface area contributed by atoms with Crippen LogP contribution in [-0.2, 0) is 11.3 Å². The summed E-state index contributed by atoms with van der Waals surface area (Å²) in [5.41, 5.74) is 3.35. The lowest BCUT2D eigenvalue weighted by Crippen LogP contribution is -2.48. The second kappa shape index (κ2) is 9.37. The molecule has 0 aliphatic carbocycles. The fraction of sp³-hybridized carbons (Fsp3) is 0.429. The van der Waals surface area contributed by atoms with Crippen LogP contribution in [0, 0.1) is 6.92 Å². The van der Waals surface area contributed by atoms with Crippen molar-refractivity contribution in [2.45, 2.75) is 26.8 Å². The molecule has 1 N–H and O–H groups in total. The molecule has 3 rings (SSSR count). The molecule has 1 aromatic heterocycles. The average Bonchev–Trinajstić information content (AvgIpc) is 2.69. The summed E-state index contributed by atoms with van der Waals surface area (Å²) in [5, 5.41) is 2.98. The van der Waals surface area contributed by atoms with Gasteiger partial charge in [-0.15, -0.1) is 0 Å². The largest absolute Gasteiger partial charge is 0.382 e. The summed E-state index contributed by atoms with van der Waals surface area (Å²) >= 11 is 0. The van der Waals surface area contributed by atoms with Crippen LogP contribution in [0.5, 0.6) is 0 Å². The van der Waals surface area contributed by atoms with E-state index in [0.717, 1.165) is 31.0 Å². The van der Waals surface area contributed by atoms with Gasteiger partial charge >= 0.3 is 6.03 Å². The summed E-state index contributed by atoms with van der Waals surface area (Å²) in [6.07, 6.45) is 2.59. The van der Waals surface area contributed by atoms with E-state index in [1.54, 1.807) is 11.1 Å². The van der Waals surface area contributed by atoms with E-state index in [1.165, 1.54) is 11.1 Å². The molecular formula is C21H28N4O2. The summed E-state index contributed by atoms with van der Waals surface area (Å²) in [6.45, 7) is 8.22. The number of carbonyl (C=O) groups excluding carboxylic acids is 1. The molecule has 144 valence electrons. The molecule has 0 spiro atoms. The Labute approximate surface area is 161 Å². The van der Waals surface area contributed by atoms with Gasteiger partial charge in [0.05, 0.1) is 5.69 Å². The number of carbonyl (C=O) groups is 1. The molecule has 2 heterocycles. The van der Waals surface area contributed by atoms with Crippen LogP contribution in [0.3, 0.4) is 0 Å². The number of hydrogen-bond donors (Lipinski definition) is 1. The number of aryl methyl sites for hydroxylation is 1. The number of nitrogens with one attached hydrogen (secondary N) is 1. The van der Waals surface area contributed by atoms with Crippen LogP contribution in [0.25, 0.3) is 0 Å². The minimum Gasteiger partial charge on any atom is -0.382 e. The first-order valence-electron chi connectivity index (χ1n) is 9.57. The summed E-state index contributed by atoms with van der Waals surface area (Å²) in [4.78, 5) is 21.2. The molecule has 1 aliphatic rings. The predicted molar refractivity (Wildman–Crippen MR) is 108 cm³/mol. The Morgan fingerprint density at radius 3 is 2.81 bits per heavy atom. The quantitative estimate of drug-likeness (QED) is 0.762. The molecule has 0 fully saturated rings. The van der Waals surface area contributed by atoms with Gasteiger partial charge in [0.25, 0.3) is 0 Å². The zero-order valence-corrected chi connectivity index (χ0v) is 16.1. The molecule has 6 nitrogen and oxygen atoms in total. The number of benzene rings is 1. The van der Waals surface area contributed by atoms with E-state index in [1.807, 2.05) is 19.1 Å². The monoisotopic (exact) mass is 368 g/mol. The van der Waals surface area contributed by atoms with Crippen molar-refractivity contribution in [3.63, 3.8) is 0 Å². The maximum absolute atomic E-state index is 12.6. The lowest BCUT2D eigenvalue weighted by Gasteiger charge is -2.36. The maximum atomic E-state index is 12.6. The normalized spacial score (nSPS) is 13.4. The average molecular weight is 368 g/mol. The van der Waals surface area contributed by atoms with Crippen LogP contribution in [-0.4, -0.2) is 43.9 Å². The van der Waals surface area contributed by atoms with Gasteiger partial charge in [-0.3, -0.25) is 4.90 Å². The Kier molecular flexibility index (Phi) is 6.65. The lowest BCUT2D eigenvalue weighted by atomic mass is 10.1. The van der Waals surface area contributed by atoms with Gasteiger partial charge in [-0.05, 0) is 38.0 Å². The van der Waals surface area contributed by atoms with E-state index >= 15 is 0 Å². The van der Waals surface area contributed by atoms with Gasteiger partial charge in [0.15, 0.2) is 5.82 Å². The van der Waals surface area contributed by atoms with Gasteiger partial charge in [0.2, 0.25) is 0 Å². The van der Waals surface area contributed by atoms with Crippen molar-refractivity contribution in [3.8, 4) is 0 Å². The minimum absolute atomic E-state index is 0.0734. The predicted octanol–water partition coefficient (Wildman–Crippen LogP) is 3.35. The van der Waals surface area contributed by atoms with Gasteiger partial charge in [-0.1, -0.05) is 29.8 Å². The second-order valence-electron chi connectivity index (χ2n) is 6.69. The number of amides is 2. The van der Waals surface area contributed by atoms with Crippen LogP contribution in [0.15, 0.2) is 42.6 Å². The third-order valence-electron chi connectivity index (χ3n) is 4.63.